The van der Waals surface area contributed by atoms with Gasteiger partial charge in [0.1, 0.15) is 11.3 Å². The molecule has 1 heterocycles. The largest absolute Gasteiger partial charge is 0.393 e. The monoisotopic (exact) mass is 292 g/mol. The van der Waals surface area contributed by atoms with Gasteiger partial charge in [0.2, 0.25) is 0 Å². The number of rotatable bonds is 5. The molecule has 0 aliphatic heterocycles. The van der Waals surface area contributed by atoms with E-state index in [-0.39, 0.29) is 0 Å². The molecule has 0 amide bonds. The Morgan fingerprint density at radius 2 is 2.05 bits per heavy atom. The van der Waals surface area contributed by atoms with Crippen LogP contribution in [0.3, 0.4) is 0 Å². The predicted molar refractivity (Wildman–Crippen MR) is 81.9 cm³/mol. The second kappa shape index (κ2) is 6.45. The summed E-state index contributed by atoms with van der Waals surface area (Å²) in [5.74, 6) is 0.652. The summed E-state index contributed by atoms with van der Waals surface area (Å²) in [5.41, 5.74) is 6.56. The van der Waals surface area contributed by atoms with Crippen LogP contribution in [0.2, 0.25) is 5.02 Å². The summed E-state index contributed by atoms with van der Waals surface area (Å²) in [6.45, 7) is 0.621. The highest BCUT2D eigenvalue weighted by Gasteiger charge is 2.14. The molecule has 0 atom stereocenters. The summed E-state index contributed by atoms with van der Waals surface area (Å²) in [7, 11) is 0. The van der Waals surface area contributed by atoms with Crippen LogP contribution in [-0.4, -0.2) is 21.5 Å². The van der Waals surface area contributed by atoms with Crippen LogP contribution in [0.15, 0.2) is 42.9 Å². The highest BCUT2D eigenvalue weighted by atomic mass is 35.5. The number of nitrogens with two attached hydrogens (primary N) is 1. The van der Waals surface area contributed by atoms with Crippen molar-refractivity contribution in [3.05, 3.63) is 47.9 Å². The Morgan fingerprint density at radius 3 is 2.68 bits per heavy atom. The highest BCUT2D eigenvalue weighted by Crippen LogP contribution is 2.28. The summed E-state index contributed by atoms with van der Waals surface area (Å²) in [6.07, 6.45) is 3.63. The maximum Gasteiger partial charge on any atom is 0.155 e. The number of anilines is 2. The van der Waals surface area contributed by atoms with Gasteiger partial charge in [-0.2, -0.15) is 0 Å². The molecular weight excluding hydrogens is 280 g/mol. The molecule has 0 saturated carbocycles. The molecule has 6 heteroatoms. The van der Waals surface area contributed by atoms with Gasteiger partial charge in [-0.25, -0.2) is 9.97 Å². The summed E-state index contributed by atoms with van der Waals surface area (Å²) in [4.78, 5) is 10.6. The Labute approximate surface area is 122 Å². The van der Waals surface area contributed by atoms with E-state index >= 15 is 0 Å². The van der Waals surface area contributed by atoms with Crippen molar-refractivity contribution < 1.29 is 0 Å². The first-order chi connectivity index (χ1) is 9.18. The minimum absolute atomic E-state index is 0.464. The van der Waals surface area contributed by atoms with E-state index in [0.717, 1.165) is 5.69 Å². The molecule has 0 unspecified atom stereocenters. The zero-order chi connectivity index (χ0) is 13.7. The summed E-state index contributed by atoms with van der Waals surface area (Å²) in [6, 6.07) is 9.84. The third-order valence-corrected chi connectivity index (χ3v) is 3.02. The average molecular weight is 293 g/mol. The molecule has 0 fully saturated rings. The van der Waals surface area contributed by atoms with E-state index in [9.17, 15) is 0 Å². The fourth-order valence-corrected chi connectivity index (χ4v) is 1.99. The fraction of sp³-hybridized carbons (Fsp3) is 0.154. The van der Waals surface area contributed by atoms with Crippen LogP contribution in [0.1, 0.15) is 6.42 Å². The molecule has 0 spiro atoms. The molecule has 0 radical (unpaired) electrons. The molecule has 19 heavy (non-hydrogen) atoms. The molecule has 0 bridgehead atoms. The van der Waals surface area contributed by atoms with Gasteiger partial charge in [0, 0.05) is 18.7 Å². The minimum atomic E-state index is 0.464. The van der Waals surface area contributed by atoms with E-state index in [1.165, 1.54) is 6.33 Å². The van der Waals surface area contributed by atoms with Gasteiger partial charge in [-0.05, 0) is 12.1 Å². The summed E-state index contributed by atoms with van der Waals surface area (Å²) in [5, 5.41) is 0.495. The molecule has 0 saturated heterocycles. The topological polar surface area (TPSA) is 55.0 Å². The van der Waals surface area contributed by atoms with E-state index in [4.69, 9.17) is 29.6 Å². The normalized spacial score (nSPS) is 10.2. The number of hydrogen-bond acceptors (Lipinski definition) is 4. The smallest absolute Gasteiger partial charge is 0.155 e. The van der Waals surface area contributed by atoms with E-state index in [2.05, 4.69) is 9.97 Å². The second-order valence-corrected chi connectivity index (χ2v) is 4.83. The molecule has 0 aliphatic carbocycles. The Morgan fingerprint density at radius 1 is 1.32 bits per heavy atom. The van der Waals surface area contributed by atoms with Gasteiger partial charge in [0.25, 0.3) is 0 Å². The Balaban J connectivity index is 2.35. The average Bonchev–Trinajstić information content (AvgIpc) is 2.42. The van der Waals surface area contributed by atoms with E-state index in [1.807, 2.05) is 35.2 Å². The molecule has 2 aromatic rings. The number of aromatic nitrogens is 2. The highest BCUT2D eigenvalue weighted by molar-refractivity contribution is 7.80. The van der Waals surface area contributed by atoms with Gasteiger partial charge in [-0.3, -0.25) is 0 Å². The zero-order valence-corrected chi connectivity index (χ0v) is 11.7. The van der Waals surface area contributed by atoms with Crippen LogP contribution in [0.25, 0.3) is 0 Å². The first kappa shape index (κ1) is 13.7. The number of benzene rings is 1. The Hall–Kier alpha value is -1.72. The predicted octanol–water partition coefficient (Wildman–Crippen LogP) is 2.94. The molecule has 2 rings (SSSR count). The van der Waals surface area contributed by atoms with Gasteiger partial charge >= 0.3 is 0 Å². The van der Waals surface area contributed by atoms with Crippen molar-refractivity contribution >= 4 is 40.3 Å². The lowest BCUT2D eigenvalue weighted by atomic mass is 10.2. The van der Waals surface area contributed by atoms with Crippen molar-refractivity contribution in [2.45, 2.75) is 6.42 Å². The van der Waals surface area contributed by atoms with Gasteiger partial charge in [0.15, 0.2) is 5.82 Å². The minimum Gasteiger partial charge on any atom is -0.393 e. The van der Waals surface area contributed by atoms with Crippen LogP contribution in [-0.2, 0) is 0 Å². The molecule has 4 nitrogen and oxygen atoms in total. The lowest BCUT2D eigenvalue weighted by Crippen LogP contribution is -2.24. The van der Waals surface area contributed by atoms with E-state index in [1.54, 1.807) is 6.20 Å². The third-order valence-electron chi connectivity index (χ3n) is 2.55. The zero-order valence-electron chi connectivity index (χ0n) is 10.2. The lowest BCUT2D eigenvalue weighted by Gasteiger charge is -2.24. The number of thiocarbonyl (C=S) groups is 1. The molecule has 98 valence electrons. The van der Waals surface area contributed by atoms with Crippen molar-refractivity contribution in [1.82, 2.24) is 9.97 Å². The molecule has 1 aromatic heterocycles. The fourth-order valence-electron chi connectivity index (χ4n) is 1.69. The molecule has 0 aliphatic rings. The lowest BCUT2D eigenvalue weighted by molar-refractivity contribution is 0.935. The van der Waals surface area contributed by atoms with Crippen LogP contribution in [0.5, 0.6) is 0 Å². The Kier molecular flexibility index (Phi) is 4.65. The van der Waals surface area contributed by atoms with Gasteiger partial charge in [-0.15, -0.1) is 0 Å². The van der Waals surface area contributed by atoms with Crippen LogP contribution in [0, 0.1) is 0 Å². The SMILES string of the molecule is NC(=S)CCN(c1ccccc1)c1ncncc1Cl. The number of halogens is 1. The third kappa shape index (κ3) is 3.62. The van der Waals surface area contributed by atoms with Crippen molar-refractivity contribution in [2.24, 2.45) is 5.73 Å². The molecular formula is C13H13ClN4S. The van der Waals surface area contributed by atoms with Crippen molar-refractivity contribution in [2.75, 3.05) is 11.4 Å². The molecule has 2 N–H and O–H groups in total. The van der Waals surface area contributed by atoms with Crippen molar-refractivity contribution in [3.8, 4) is 0 Å². The van der Waals surface area contributed by atoms with Gasteiger partial charge < -0.3 is 10.6 Å². The maximum absolute atomic E-state index is 6.15. The maximum atomic E-state index is 6.15. The number of hydrogen-bond donors (Lipinski definition) is 1. The van der Waals surface area contributed by atoms with Crippen molar-refractivity contribution in [3.63, 3.8) is 0 Å². The van der Waals surface area contributed by atoms with Crippen LogP contribution >= 0.6 is 23.8 Å². The Bertz CT molecular complexity index is 562. The standard InChI is InChI=1S/C13H13ClN4S/c14-11-8-16-9-17-13(11)18(7-6-12(15)19)10-4-2-1-3-5-10/h1-5,8-9H,6-7H2,(H2,15,19). The first-order valence-corrected chi connectivity index (χ1v) is 6.53. The number of para-hydroxylation sites is 1. The first-order valence-electron chi connectivity index (χ1n) is 5.75. The summed E-state index contributed by atoms with van der Waals surface area (Å²) >= 11 is 11.1. The molecule has 1 aromatic carbocycles. The van der Waals surface area contributed by atoms with Crippen molar-refractivity contribution in [1.29, 1.82) is 0 Å². The van der Waals surface area contributed by atoms with Gasteiger partial charge in [0.05, 0.1) is 11.2 Å². The van der Waals surface area contributed by atoms with Crippen LogP contribution < -0.4 is 10.6 Å². The van der Waals surface area contributed by atoms with Crippen LogP contribution in [0.4, 0.5) is 11.5 Å². The van der Waals surface area contributed by atoms with E-state index in [0.29, 0.717) is 28.8 Å². The van der Waals surface area contributed by atoms with E-state index < -0.39 is 0 Å². The second-order valence-electron chi connectivity index (χ2n) is 3.90. The summed E-state index contributed by atoms with van der Waals surface area (Å²) < 4.78 is 0. The number of nitrogens with zero attached hydrogens (tertiary/aromatic N) is 3. The quantitative estimate of drug-likeness (QED) is 0.859. The van der Waals surface area contributed by atoms with Gasteiger partial charge in [-0.1, -0.05) is 42.0 Å².